The fourth-order valence-electron chi connectivity index (χ4n) is 8.49. The number of fused-ring (bicyclic) bond motifs is 1. The maximum atomic E-state index is 11.7. The Morgan fingerprint density at radius 1 is 0.556 bits per heavy atom. The van der Waals surface area contributed by atoms with Gasteiger partial charge in [-0.15, -0.1) is 0 Å². The van der Waals surface area contributed by atoms with Crippen LogP contribution >= 0.6 is 0 Å². The summed E-state index contributed by atoms with van der Waals surface area (Å²) >= 11 is 0. The summed E-state index contributed by atoms with van der Waals surface area (Å²) in [5.41, 5.74) is 0. The Bertz CT molecular complexity index is 1450. The monoisotopic (exact) mass is 634 g/mol. The van der Waals surface area contributed by atoms with Gasteiger partial charge in [-0.25, -0.2) is 0 Å². The maximum Gasteiger partial charge on any atom is 0.261 e. The number of rotatable bonds is 10. The Morgan fingerprint density at radius 3 is 1.18 bits per heavy atom. The smallest absolute Gasteiger partial charge is 0.261 e. The number of aliphatic hydroxyl groups excluding tert-OH is 1. The molecule has 0 saturated heterocycles. The zero-order chi connectivity index (χ0) is 31.9. The summed E-state index contributed by atoms with van der Waals surface area (Å²) in [6.45, 7) is 15.2. The molecule has 2 fully saturated rings. The molecule has 5 heteroatoms. The van der Waals surface area contributed by atoms with E-state index in [1.165, 1.54) is 20.7 Å². The van der Waals surface area contributed by atoms with E-state index in [-0.39, 0.29) is 28.0 Å². The molecular formula is C40H50O3Si2. The van der Waals surface area contributed by atoms with Crippen LogP contribution in [-0.4, -0.2) is 41.1 Å². The Labute approximate surface area is 272 Å². The van der Waals surface area contributed by atoms with Crippen LogP contribution in [0.5, 0.6) is 0 Å². The molecular weight excluding hydrogens is 585 g/mol. The molecule has 45 heavy (non-hydrogen) atoms. The van der Waals surface area contributed by atoms with Crippen molar-refractivity contribution < 1.29 is 14.0 Å². The largest absolute Gasteiger partial charge is 0.407 e. The van der Waals surface area contributed by atoms with Gasteiger partial charge in [0.25, 0.3) is 16.6 Å². The fraction of sp³-hybridized carbons (Fsp3) is 0.400. The van der Waals surface area contributed by atoms with E-state index in [0.717, 1.165) is 6.42 Å². The van der Waals surface area contributed by atoms with Gasteiger partial charge in [-0.05, 0) is 55.0 Å². The predicted octanol–water partition coefficient (Wildman–Crippen LogP) is 6.38. The van der Waals surface area contributed by atoms with Crippen molar-refractivity contribution in [2.75, 3.05) is 13.2 Å². The molecule has 6 rings (SSSR count). The highest BCUT2D eigenvalue weighted by molar-refractivity contribution is 7.00. The lowest BCUT2D eigenvalue weighted by Gasteiger charge is -2.44. The summed E-state index contributed by atoms with van der Waals surface area (Å²) in [5, 5.41) is 16.8. The van der Waals surface area contributed by atoms with E-state index in [4.69, 9.17) is 8.85 Å². The minimum absolute atomic E-state index is 0.0511. The lowest BCUT2D eigenvalue weighted by Crippen LogP contribution is -2.67. The van der Waals surface area contributed by atoms with Crippen LogP contribution in [-0.2, 0) is 8.85 Å². The first-order chi connectivity index (χ1) is 21.5. The molecule has 5 atom stereocenters. The van der Waals surface area contributed by atoms with E-state index in [9.17, 15) is 5.11 Å². The van der Waals surface area contributed by atoms with Gasteiger partial charge in [0.1, 0.15) is 0 Å². The van der Waals surface area contributed by atoms with Crippen LogP contribution in [0.3, 0.4) is 0 Å². The molecule has 3 nitrogen and oxygen atoms in total. The Balaban J connectivity index is 1.20. The van der Waals surface area contributed by atoms with Gasteiger partial charge >= 0.3 is 0 Å². The van der Waals surface area contributed by atoms with Gasteiger partial charge in [-0.1, -0.05) is 163 Å². The third-order valence-electron chi connectivity index (χ3n) is 10.7. The maximum absolute atomic E-state index is 11.7. The number of hydrogen-bond donors (Lipinski definition) is 1. The SMILES string of the molecule is CC(C)(C)[Si](OC[C@@H]1C[C@@H]2[C@H](CO[Si](c3ccccc3)(c3ccccc3)C(C)(C)C)[C@@H]2[C@H]1O)(c1ccccc1)c1ccccc1. The average Bonchev–Trinajstić information content (AvgIpc) is 3.62. The zero-order valence-corrected chi connectivity index (χ0v) is 29.8. The summed E-state index contributed by atoms with van der Waals surface area (Å²) in [6, 6.07) is 43.4. The summed E-state index contributed by atoms with van der Waals surface area (Å²) in [5.74, 6) is 1.32. The molecule has 4 aromatic carbocycles. The molecule has 0 heterocycles. The van der Waals surface area contributed by atoms with Crippen LogP contribution in [0.25, 0.3) is 0 Å². The first-order valence-corrected chi connectivity index (χ1v) is 20.5. The molecule has 0 aliphatic heterocycles. The molecule has 0 unspecified atom stereocenters. The Morgan fingerprint density at radius 2 is 0.889 bits per heavy atom. The minimum atomic E-state index is -2.64. The van der Waals surface area contributed by atoms with Crippen LogP contribution < -0.4 is 20.7 Å². The average molecular weight is 635 g/mol. The summed E-state index contributed by atoms with van der Waals surface area (Å²) in [6.07, 6.45) is 0.639. The molecule has 0 amide bonds. The second-order valence-corrected chi connectivity index (χ2v) is 24.0. The minimum Gasteiger partial charge on any atom is -0.407 e. The molecule has 0 bridgehead atoms. The van der Waals surface area contributed by atoms with E-state index >= 15 is 0 Å². The molecule has 0 spiro atoms. The highest BCUT2D eigenvalue weighted by atomic mass is 28.4. The van der Waals surface area contributed by atoms with Gasteiger partial charge < -0.3 is 14.0 Å². The summed E-state index contributed by atoms with van der Waals surface area (Å²) in [7, 11) is -5.23. The van der Waals surface area contributed by atoms with Crippen LogP contribution in [0, 0.1) is 23.7 Å². The summed E-state index contributed by atoms with van der Waals surface area (Å²) in [4.78, 5) is 0. The quantitative estimate of drug-likeness (QED) is 0.206. The molecule has 2 aliphatic carbocycles. The Kier molecular flexibility index (Phi) is 8.87. The van der Waals surface area contributed by atoms with E-state index in [1.807, 2.05) is 0 Å². The molecule has 1 N–H and O–H groups in total. The lowest BCUT2D eigenvalue weighted by atomic mass is 9.98. The third kappa shape index (κ3) is 5.72. The van der Waals surface area contributed by atoms with Crippen LogP contribution in [0.15, 0.2) is 121 Å². The first-order valence-electron chi connectivity index (χ1n) is 16.7. The molecule has 2 aliphatic rings. The van der Waals surface area contributed by atoms with Crippen molar-refractivity contribution in [2.45, 2.75) is 64.1 Å². The van der Waals surface area contributed by atoms with Gasteiger partial charge in [0.05, 0.1) is 6.10 Å². The van der Waals surface area contributed by atoms with Crippen molar-refractivity contribution >= 4 is 37.4 Å². The van der Waals surface area contributed by atoms with Crippen LogP contribution in [0.2, 0.25) is 10.1 Å². The zero-order valence-electron chi connectivity index (χ0n) is 27.8. The van der Waals surface area contributed by atoms with Gasteiger partial charge in [-0.2, -0.15) is 0 Å². The standard InChI is InChI=1S/C40H50O3Si2/c1-39(2,3)44(31-19-11-7-12-20-31,32-21-13-8-14-22-32)42-28-30-27-35-36(37(35)38(30)41)29-43-45(40(4,5)6,33-23-15-9-16-24-33)34-25-17-10-18-26-34/h7-26,30,35-38,41H,27-29H2,1-6H3/t30-,35+,36-,37+,38-/m0/s1. The fourth-order valence-corrected chi connectivity index (χ4v) is 17.7. The van der Waals surface area contributed by atoms with Crippen molar-refractivity contribution in [1.29, 1.82) is 0 Å². The molecule has 2 saturated carbocycles. The van der Waals surface area contributed by atoms with Crippen molar-refractivity contribution in [3.63, 3.8) is 0 Å². The van der Waals surface area contributed by atoms with Crippen molar-refractivity contribution in [2.24, 2.45) is 23.7 Å². The molecule has 0 radical (unpaired) electrons. The highest BCUT2D eigenvalue weighted by Crippen LogP contribution is 2.60. The van der Waals surface area contributed by atoms with Gasteiger partial charge in [0.15, 0.2) is 0 Å². The number of aliphatic hydroxyl groups is 1. The van der Waals surface area contributed by atoms with E-state index in [2.05, 4.69) is 163 Å². The lowest BCUT2D eigenvalue weighted by molar-refractivity contribution is 0.0617. The molecule has 4 aromatic rings. The van der Waals surface area contributed by atoms with Crippen molar-refractivity contribution in [1.82, 2.24) is 0 Å². The summed E-state index contributed by atoms with van der Waals surface area (Å²) < 4.78 is 14.5. The molecule has 236 valence electrons. The highest BCUT2D eigenvalue weighted by Gasteiger charge is 2.63. The van der Waals surface area contributed by atoms with Gasteiger partial charge in [0, 0.05) is 19.1 Å². The predicted molar refractivity (Wildman–Crippen MR) is 192 cm³/mol. The first kappa shape index (κ1) is 32.1. The van der Waals surface area contributed by atoms with E-state index in [0.29, 0.717) is 25.0 Å². The van der Waals surface area contributed by atoms with Crippen LogP contribution in [0.1, 0.15) is 48.0 Å². The Hall–Kier alpha value is -2.81. The van der Waals surface area contributed by atoms with Crippen LogP contribution in [0.4, 0.5) is 0 Å². The van der Waals surface area contributed by atoms with Crippen molar-refractivity contribution in [3.05, 3.63) is 121 Å². The molecule has 0 aromatic heterocycles. The second kappa shape index (κ2) is 12.4. The van der Waals surface area contributed by atoms with E-state index in [1.54, 1.807) is 0 Å². The normalized spacial score (nSPS) is 23.5. The number of hydrogen-bond acceptors (Lipinski definition) is 3. The topological polar surface area (TPSA) is 38.7 Å². The second-order valence-electron chi connectivity index (χ2n) is 15.3. The van der Waals surface area contributed by atoms with Crippen molar-refractivity contribution in [3.8, 4) is 0 Å². The third-order valence-corrected chi connectivity index (χ3v) is 20.7. The number of benzene rings is 4. The van der Waals surface area contributed by atoms with Gasteiger partial charge in [0.2, 0.25) is 0 Å². The van der Waals surface area contributed by atoms with Gasteiger partial charge in [-0.3, -0.25) is 0 Å². The van der Waals surface area contributed by atoms with E-state index < -0.39 is 16.6 Å².